The fourth-order valence-electron chi connectivity index (χ4n) is 2.50. The summed E-state index contributed by atoms with van der Waals surface area (Å²) >= 11 is 3.05. The smallest absolute Gasteiger partial charge is 0.260 e. The molecule has 0 atom stereocenters. The summed E-state index contributed by atoms with van der Waals surface area (Å²) in [7, 11) is 3.81. The number of anilines is 1. The minimum atomic E-state index is -1.04. The lowest BCUT2D eigenvalue weighted by atomic mass is 10.2. The number of carbonyl (C=O) groups is 1. The van der Waals surface area contributed by atoms with Gasteiger partial charge in [0.05, 0.1) is 10.2 Å². The predicted molar refractivity (Wildman–Crippen MR) is 115 cm³/mol. The van der Waals surface area contributed by atoms with Crippen LogP contribution in [0.5, 0.6) is 0 Å². The van der Waals surface area contributed by atoms with Gasteiger partial charge in [0, 0.05) is 23.5 Å². The van der Waals surface area contributed by atoms with E-state index in [2.05, 4.69) is 4.98 Å². The molecule has 0 aliphatic carbocycles. The SMILES string of the molecule is CSc1ccc2nc(N(CCN(C)C)C(=O)c3ccc(F)c(F)c3)sc2c1.Cl. The minimum Gasteiger partial charge on any atom is -0.308 e. The largest absolute Gasteiger partial charge is 0.308 e. The van der Waals surface area contributed by atoms with E-state index >= 15 is 0 Å². The average molecular weight is 444 g/mol. The van der Waals surface area contributed by atoms with Crippen LogP contribution in [0.3, 0.4) is 0 Å². The standard InChI is InChI=1S/C19H19F2N3OS2.ClH/c1-23(2)8-9-24(18(25)12-4-6-14(20)15(21)10-12)19-22-16-7-5-13(26-3)11-17(16)27-19;/h4-7,10-11H,8-9H2,1-3H3;1H. The van der Waals surface area contributed by atoms with Crippen LogP contribution in [0.1, 0.15) is 10.4 Å². The van der Waals surface area contributed by atoms with Crippen LogP contribution < -0.4 is 4.90 Å². The number of amides is 1. The molecule has 0 radical (unpaired) electrons. The average Bonchev–Trinajstić information content (AvgIpc) is 3.06. The lowest BCUT2D eigenvalue weighted by Crippen LogP contribution is -2.36. The molecule has 2 aromatic carbocycles. The van der Waals surface area contributed by atoms with E-state index in [1.165, 1.54) is 22.3 Å². The number of thioether (sulfide) groups is 1. The molecule has 1 heterocycles. The molecule has 0 saturated carbocycles. The van der Waals surface area contributed by atoms with Crippen molar-refractivity contribution in [2.24, 2.45) is 0 Å². The lowest BCUT2D eigenvalue weighted by Gasteiger charge is -2.22. The van der Waals surface area contributed by atoms with Crippen molar-refractivity contribution in [3.05, 3.63) is 53.6 Å². The molecule has 1 aromatic heterocycles. The van der Waals surface area contributed by atoms with Crippen LogP contribution in [-0.2, 0) is 0 Å². The van der Waals surface area contributed by atoms with Crippen molar-refractivity contribution in [2.75, 3.05) is 38.3 Å². The molecule has 3 rings (SSSR count). The van der Waals surface area contributed by atoms with E-state index in [0.717, 1.165) is 27.2 Å². The highest BCUT2D eigenvalue weighted by atomic mass is 35.5. The quantitative estimate of drug-likeness (QED) is 0.506. The second-order valence-corrected chi connectivity index (χ2v) is 8.11. The van der Waals surface area contributed by atoms with Gasteiger partial charge in [0.1, 0.15) is 0 Å². The summed E-state index contributed by atoms with van der Waals surface area (Å²) in [5.74, 6) is -2.42. The highest BCUT2D eigenvalue weighted by Crippen LogP contribution is 2.32. The molecule has 0 spiro atoms. The van der Waals surface area contributed by atoms with Crippen LogP contribution in [0.25, 0.3) is 10.2 Å². The molecular formula is C19H20ClF2N3OS2. The Labute approximate surface area is 177 Å². The minimum absolute atomic E-state index is 0. The van der Waals surface area contributed by atoms with Gasteiger partial charge in [0.15, 0.2) is 16.8 Å². The Kier molecular flexibility index (Phi) is 7.77. The molecule has 0 fully saturated rings. The first-order chi connectivity index (χ1) is 12.9. The molecule has 4 nitrogen and oxygen atoms in total. The normalized spacial score (nSPS) is 10.9. The summed E-state index contributed by atoms with van der Waals surface area (Å²) in [6.45, 7) is 1.00. The number of benzene rings is 2. The van der Waals surface area contributed by atoms with Gasteiger partial charge in [-0.3, -0.25) is 9.69 Å². The van der Waals surface area contributed by atoms with E-state index in [4.69, 9.17) is 0 Å². The van der Waals surface area contributed by atoms with E-state index in [1.54, 1.807) is 11.8 Å². The van der Waals surface area contributed by atoms with E-state index < -0.39 is 17.5 Å². The maximum absolute atomic E-state index is 13.6. The number of rotatable bonds is 6. The van der Waals surface area contributed by atoms with Crippen molar-refractivity contribution in [2.45, 2.75) is 4.90 Å². The van der Waals surface area contributed by atoms with Gasteiger partial charge < -0.3 is 4.90 Å². The number of hydrogen-bond acceptors (Lipinski definition) is 5. The summed E-state index contributed by atoms with van der Waals surface area (Å²) in [6.07, 6.45) is 2.00. The number of carbonyl (C=O) groups excluding carboxylic acids is 1. The zero-order valence-corrected chi connectivity index (χ0v) is 18.1. The van der Waals surface area contributed by atoms with Crippen molar-refractivity contribution < 1.29 is 13.6 Å². The third-order valence-corrected chi connectivity index (χ3v) is 5.76. The van der Waals surface area contributed by atoms with Crippen molar-refractivity contribution >= 4 is 56.8 Å². The second-order valence-electron chi connectivity index (χ2n) is 6.22. The molecule has 3 aromatic rings. The zero-order valence-electron chi connectivity index (χ0n) is 15.6. The van der Waals surface area contributed by atoms with Gasteiger partial charge in [-0.15, -0.1) is 24.2 Å². The topological polar surface area (TPSA) is 36.4 Å². The number of likely N-dealkylation sites (N-methyl/N-ethyl adjacent to an activating group) is 1. The molecule has 0 aliphatic rings. The maximum Gasteiger partial charge on any atom is 0.260 e. The molecule has 1 amide bonds. The number of fused-ring (bicyclic) bond motifs is 1. The van der Waals surface area contributed by atoms with Gasteiger partial charge in [-0.1, -0.05) is 11.3 Å². The van der Waals surface area contributed by atoms with Crippen LogP contribution in [0, 0.1) is 11.6 Å². The Morgan fingerprint density at radius 3 is 2.50 bits per heavy atom. The zero-order chi connectivity index (χ0) is 19.6. The Hall–Kier alpha value is -1.74. The number of halogens is 3. The van der Waals surface area contributed by atoms with Gasteiger partial charge in [-0.05, 0) is 56.7 Å². The number of aromatic nitrogens is 1. The Morgan fingerprint density at radius 1 is 1.11 bits per heavy atom. The first kappa shape index (κ1) is 22.5. The van der Waals surface area contributed by atoms with E-state index in [9.17, 15) is 13.6 Å². The third kappa shape index (κ3) is 5.00. The highest BCUT2D eigenvalue weighted by Gasteiger charge is 2.22. The van der Waals surface area contributed by atoms with Crippen molar-refractivity contribution in [3.63, 3.8) is 0 Å². The van der Waals surface area contributed by atoms with Crippen LogP contribution in [0.4, 0.5) is 13.9 Å². The molecule has 0 bridgehead atoms. The Morgan fingerprint density at radius 2 is 1.86 bits per heavy atom. The highest BCUT2D eigenvalue weighted by molar-refractivity contribution is 7.98. The van der Waals surface area contributed by atoms with Gasteiger partial charge in [0.25, 0.3) is 5.91 Å². The van der Waals surface area contributed by atoms with Crippen molar-refractivity contribution in [1.29, 1.82) is 0 Å². The maximum atomic E-state index is 13.6. The molecule has 28 heavy (non-hydrogen) atoms. The van der Waals surface area contributed by atoms with Crippen molar-refractivity contribution in [1.82, 2.24) is 9.88 Å². The number of hydrogen-bond donors (Lipinski definition) is 0. The monoisotopic (exact) mass is 443 g/mol. The number of thiazole rings is 1. The second kappa shape index (κ2) is 9.65. The van der Waals surface area contributed by atoms with Crippen LogP contribution >= 0.6 is 35.5 Å². The van der Waals surface area contributed by atoms with Crippen LogP contribution in [-0.4, -0.2) is 49.2 Å². The van der Waals surface area contributed by atoms with Crippen LogP contribution in [0.2, 0.25) is 0 Å². The molecule has 9 heteroatoms. The van der Waals surface area contributed by atoms with E-state index in [-0.39, 0.29) is 18.0 Å². The summed E-state index contributed by atoms with van der Waals surface area (Å²) in [4.78, 5) is 22.2. The Balaban J connectivity index is 0.00000280. The van der Waals surface area contributed by atoms with Crippen LogP contribution in [0.15, 0.2) is 41.3 Å². The first-order valence-electron chi connectivity index (χ1n) is 8.25. The molecule has 0 N–H and O–H groups in total. The molecule has 0 saturated heterocycles. The van der Waals surface area contributed by atoms with Crippen molar-refractivity contribution in [3.8, 4) is 0 Å². The third-order valence-electron chi connectivity index (χ3n) is 4.00. The summed E-state index contributed by atoms with van der Waals surface area (Å²) in [5.41, 5.74) is 0.900. The summed E-state index contributed by atoms with van der Waals surface area (Å²) in [5, 5.41) is 0.542. The molecule has 150 valence electrons. The van der Waals surface area contributed by atoms with Gasteiger partial charge in [-0.25, -0.2) is 13.8 Å². The lowest BCUT2D eigenvalue weighted by molar-refractivity contribution is 0.0984. The Bertz CT molecular complexity index is 981. The predicted octanol–water partition coefficient (Wildman–Crippen LogP) is 4.93. The van der Waals surface area contributed by atoms with E-state index in [0.29, 0.717) is 18.2 Å². The summed E-state index contributed by atoms with van der Waals surface area (Å²) < 4.78 is 27.8. The summed E-state index contributed by atoms with van der Waals surface area (Å²) in [6, 6.07) is 9.14. The van der Waals surface area contributed by atoms with Gasteiger partial charge >= 0.3 is 0 Å². The first-order valence-corrected chi connectivity index (χ1v) is 10.3. The fraction of sp³-hybridized carbons (Fsp3) is 0.263. The van der Waals surface area contributed by atoms with Gasteiger partial charge in [0.2, 0.25) is 0 Å². The molecular weight excluding hydrogens is 424 g/mol. The molecule has 0 aliphatic heterocycles. The van der Waals surface area contributed by atoms with Gasteiger partial charge in [-0.2, -0.15) is 0 Å². The fourth-order valence-corrected chi connectivity index (χ4v) is 4.05. The van der Waals surface area contributed by atoms with E-state index in [1.807, 2.05) is 43.5 Å². The molecule has 0 unspecified atom stereocenters. The number of nitrogens with zero attached hydrogens (tertiary/aromatic N) is 3.